The van der Waals surface area contributed by atoms with E-state index in [1.54, 1.807) is 37.6 Å². The predicted molar refractivity (Wildman–Crippen MR) is 113 cm³/mol. The van der Waals surface area contributed by atoms with Gasteiger partial charge in [0.15, 0.2) is 23.7 Å². The molecule has 32 heavy (non-hydrogen) atoms. The Labute approximate surface area is 187 Å². The molecule has 3 aromatic heterocycles. The highest BCUT2D eigenvalue weighted by molar-refractivity contribution is 6.33. The normalized spacial score (nSPS) is 20.8. The summed E-state index contributed by atoms with van der Waals surface area (Å²) >= 11 is 6.19. The van der Waals surface area contributed by atoms with Crippen LogP contribution in [-0.4, -0.2) is 62.7 Å². The second-order valence-electron chi connectivity index (χ2n) is 7.56. The third-order valence-electron chi connectivity index (χ3n) is 4.68. The average Bonchev–Trinajstić information content (AvgIpc) is 3.44. The number of alkyl carbamates (subject to hydrolysis) is 1. The second kappa shape index (κ2) is 9.27. The first-order chi connectivity index (χ1) is 15.4. The van der Waals surface area contributed by atoms with E-state index in [2.05, 4.69) is 30.8 Å². The highest BCUT2D eigenvalue weighted by Gasteiger charge is 2.42. The number of rotatable bonds is 7. The van der Waals surface area contributed by atoms with E-state index in [1.807, 2.05) is 0 Å². The summed E-state index contributed by atoms with van der Waals surface area (Å²) in [7, 11) is 1.57. The molecule has 172 valence electrons. The molecular formula is C19H23ClFN7O4. The summed E-state index contributed by atoms with van der Waals surface area (Å²) in [6.45, 7) is 3.83. The Kier molecular flexibility index (Phi) is 6.44. The number of ether oxygens (including phenoxy) is 3. The highest BCUT2D eigenvalue weighted by Crippen LogP contribution is 2.33. The number of carbonyl (C=O) groups is 1. The van der Waals surface area contributed by atoms with Crippen molar-refractivity contribution in [1.29, 1.82) is 0 Å². The fourth-order valence-electron chi connectivity index (χ4n) is 3.31. The summed E-state index contributed by atoms with van der Waals surface area (Å²) in [4.78, 5) is 20.5. The highest BCUT2D eigenvalue weighted by atomic mass is 35.5. The van der Waals surface area contributed by atoms with Gasteiger partial charge in [0.05, 0.1) is 30.8 Å². The smallest absolute Gasteiger partial charge is 0.407 e. The van der Waals surface area contributed by atoms with Gasteiger partial charge in [0.25, 0.3) is 0 Å². The van der Waals surface area contributed by atoms with E-state index in [-0.39, 0.29) is 12.6 Å². The minimum absolute atomic E-state index is 0.0597. The van der Waals surface area contributed by atoms with Crippen LogP contribution in [-0.2, 0) is 20.8 Å². The molecule has 0 spiro atoms. The lowest BCUT2D eigenvalue weighted by Gasteiger charge is -2.16. The number of imidazole rings is 1. The van der Waals surface area contributed by atoms with E-state index >= 15 is 0 Å². The van der Waals surface area contributed by atoms with Crippen LogP contribution in [0.3, 0.4) is 0 Å². The number of H-pyrrole nitrogens is 1. The van der Waals surface area contributed by atoms with Gasteiger partial charge in [0, 0.05) is 25.4 Å². The van der Waals surface area contributed by atoms with E-state index in [1.165, 1.54) is 6.20 Å². The number of aromatic amines is 1. The number of nitrogens with zero attached hydrogens (tertiary/aromatic N) is 4. The molecule has 3 atom stereocenters. The van der Waals surface area contributed by atoms with Gasteiger partial charge in [-0.05, 0) is 13.8 Å². The Hall–Kier alpha value is -2.96. The first-order valence-electron chi connectivity index (χ1n) is 9.92. The SMILES string of the molecule is COCc1cn2c(Nc3cc([C@H]4OC[C@@H](OC(=O)NC(C)C)[C@@H]4F)[nH]n3)ncc(Cl)c2n1. The van der Waals surface area contributed by atoms with Crippen molar-refractivity contribution in [3.63, 3.8) is 0 Å². The number of carbonyl (C=O) groups excluding carboxylic acids is 1. The van der Waals surface area contributed by atoms with Crippen molar-refractivity contribution in [1.82, 2.24) is 29.9 Å². The number of hydrogen-bond donors (Lipinski definition) is 3. The lowest BCUT2D eigenvalue weighted by Crippen LogP contribution is -2.36. The van der Waals surface area contributed by atoms with Crippen molar-refractivity contribution < 1.29 is 23.4 Å². The van der Waals surface area contributed by atoms with Gasteiger partial charge < -0.3 is 24.8 Å². The van der Waals surface area contributed by atoms with Gasteiger partial charge in [-0.1, -0.05) is 11.6 Å². The maximum Gasteiger partial charge on any atom is 0.407 e. The van der Waals surface area contributed by atoms with Gasteiger partial charge in [0.2, 0.25) is 5.95 Å². The summed E-state index contributed by atoms with van der Waals surface area (Å²) in [5.41, 5.74) is 1.58. The molecule has 0 bridgehead atoms. The Morgan fingerprint density at radius 3 is 3.06 bits per heavy atom. The predicted octanol–water partition coefficient (Wildman–Crippen LogP) is 2.91. The van der Waals surface area contributed by atoms with Gasteiger partial charge in [0.1, 0.15) is 11.1 Å². The summed E-state index contributed by atoms with van der Waals surface area (Å²) in [5.74, 6) is 0.795. The number of aromatic nitrogens is 5. The minimum Gasteiger partial charge on any atom is -0.441 e. The molecule has 1 aliphatic heterocycles. The Balaban J connectivity index is 1.47. The molecule has 3 aromatic rings. The monoisotopic (exact) mass is 467 g/mol. The number of hydrogen-bond acceptors (Lipinski definition) is 8. The zero-order valence-corrected chi connectivity index (χ0v) is 18.4. The second-order valence-corrected chi connectivity index (χ2v) is 7.97. The zero-order chi connectivity index (χ0) is 22.8. The topological polar surface area (TPSA) is 128 Å². The maximum atomic E-state index is 14.9. The molecule has 4 heterocycles. The van der Waals surface area contributed by atoms with E-state index in [9.17, 15) is 9.18 Å². The molecule has 0 aliphatic carbocycles. The number of fused-ring (bicyclic) bond motifs is 1. The van der Waals surface area contributed by atoms with E-state index in [4.69, 9.17) is 25.8 Å². The zero-order valence-electron chi connectivity index (χ0n) is 17.6. The van der Waals surface area contributed by atoms with Crippen LogP contribution in [0.5, 0.6) is 0 Å². The molecule has 0 aromatic carbocycles. The molecule has 3 N–H and O–H groups in total. The van der Waals surface area contributed by atoms with Crippen LogP contribution in [0.15, 0.2) is 18.5 Å². The van der Waals surface area contributed by atoms with Crippen LogP contribution < -0.4 is 10.6 Å². The molecule has 1 amide bonds. The quantitative estimate of drug-likeness (QED) is 0.484. The molecule has 1 aliphatic rings. The standard InChI is InChI=1S/C19H23ClFN7O4/c1-9(2)23-19(29)32-13-8-31-16(15(13)21)12-4-14(27-26-12)25-18-22-5-11(20)17-24-10(7-30-3)6-28(17)18/h4-6,9,13,15-16H,7-8H2,1-3H3,(H,23,29)(H2,22,25,26,27)/t13-,15+,16-/m1/s1. The van der Waals surface area contributed by atoms with Crippen molar-refractivity contribution >= 4 is 35.1 Å². The van der Waals surface area contributed by atoms with Crippen LogP contribution in [0.4, 0.5) is 21.0 Å². The fraction of sp³-hybridized carbons (Fsp3) is 0.474. The molecule has 1 saturated heterocycles. The largest absolute Gasteiger partial charge is 0.441 e. The Morgan fingerprint density at radius 1 is 1.50 bits per heavy atom. The Morgan fingerprint density at radius 2 is 2.31 bits per heavy atom. The number of halogens is 2. The molecule has 0 saturated carbocycles. The number of nitrogens with one attached hydrogen (secondary N) is 3. The van der Waals surface area contributed by atoms with Gasteiger partial charge in [-0.2, -0.15) is 5.10 Å². The van der Waals surface area contributed by atoms with Crippen molar-refractivity contribution in [2.75, 3.05) is 19.0 Å². The lowest BCUT2D eigenvalue weighted by molar-refractivity contribution is 0.0615. The first kappa shape index (κ1) is 22.2. The maximum absolute atomic E-state index is 14.9. The van der Waals surface area contributed by atoms with Crippen molar-refractivity contribution in [2.45, 2.75) is 44.9 Å². The lowest BCUT2D eigenvalue weighted by atomic mass is 10.1. The number of anilines is 2. The molecule has 0 radical (unpaired) electrons. The molecule has 1 fully saturated rings. The fourth-order valence-corrected chi connectivity index (χ4v) is 3.49. The number of methoxy groups -OCH3 is 1. The van der Waals surface area contributed by atoms with Crippen LogP contribution in [0.2, 0.25) is 5.02 Å². The van der Waals surface area contributed by atoms with Crippen molar-refractivity contribution in [2.24, 2.45) is 0 Å². The first-order valence-corrected chi connectivity index (χ1v) is 10.3. The number of amides is 1. The summed E-state index contributed by atoms with van der Waals surface area (Å²) in [5, 5.41) is 12.9. The van der Waals surface area contributed by atoms with Crippen LogP contribution >= 0.6 is 11.6 Å². The van der Waals surface area contributed by atoms with Gasteiger partial charge in [-0.25, -0.2) is 19.2 Å². The van der Waals surface area contributed by atoms with Gasteiger partial charge in [-0.15, -0.1) is 0 Å². The van der Waals surface area contributed by atoms with Crippen LogP contribution in [0.1, 0.15) is 31.3 Å². The average molecular weight is 468 g/mol. The summed E-state index contributed by atoms with van der Waals surface area (Å²) in [6, 6.07) is 1.48. The molecule has 0 unspecified atom stereocenters. The summed E-state index contributed by atoms with van der Waals surface area (Å²) in [6.07, 6.45) is -0.981. The number of alkyl halides is 1. The molecular weight excluding hydrogens is 445 g/mol. The van der Waals surface area contributed by atoms with Gasteiger partial charge in [-0.3, -0.25) is 9.50 Å². The van der Waals surface area contributed by atoms with Crippen LogP contribution in [0.25, 0.3) is 5.65 Å². The van der Waals surface area contributed by atoms with Crippen molar-refractivity contribution in [3.05, 3.63) is 34.9 Å². The third kappa shape index (κ3) is 4.61. The van der Waals surface area contributed by atoms with E-state index in [0.717, 1.165) is 0 Å². The van der Waals surface area contributed by atoms with Crippen LogP contribution in [0, 0.1) is 0 Å². The van der Waals surface area contributed by atoms with E-state index < -0.39 is 24.5 Å². The molecule has 11 nitrogen and oxygen atoms in total. The molecule has 4 rings (SSSR count). The van der Waals surface area contributed by atoms with Gasteiger partial charge >= 0.3 is 6.09 Å². The third-order valence-corrected chi connectivity index (χ3v) is 4.95. The van der Waals surface area contributed by atoms with E-state index in [0.29, 0.717) is 40.4 Å². The minimum atomic E-state index is -1.55. The molecule has 13 heteroatoms. The van der Waals surface area contributed by atoms with Crippen molar-refractivity contribution in [3.8, 4) is 0 Å². The Bertz CT molecular complexity index is 1100. The summed E-state index contributed by atoms with van der Waals surface area (Å²) < 4.78 is 32.3.